The Morgan fingerprint density at radius 1 is 1.50 bits per heavy atom. The summed E-state index contributed by atoms with van der Waals surface area (Å²) in [6, 6.07) is 0.654. The van der Waals surface area contributed by atoms with E-state index in [9.17, 15) is 0 Å². The minimum Gasteiger partial charge on any atom is -0.346 e. The molecule has 3 heteroatoms. The zero-order valence-electron chi connectivity index (χ0n) is 9.06. The Kier molecular flexibility index (Phi) is 2.87. The first-order valence-corrected chi connectivity index (χ1v) is 5.57. The van der Waals surface area contributed by atoms with Crippen LogP contribution in [0.15, 0.2) is 0 Å². The van der Waals surface area contributed by atoms with E-state index in [0.29, 0.717) is 6.04 Å². The predicted octanol–water partition coefficient (Wildman–Crippen LogP) is 1.58. The van der Waals surface area contributed by atoms with Crippen molar-refractivity contribution in [3.63, 3.8) is 0 Å². The molecule has 1 aliphatic heterocycles. The number of hydrogen-bond acceptors (Lipinski definition) is 2. The Bertz CT molecular complexity index is 297. The summed E-state index contributed by atoms with van der Waals surface area (Å²) in [5.74, 6) is 1.12. The molecule has 1 aliphatic rings. The second-order valence-electron chi connectivity index (χ2n) is 4.11. The molecule has 2 heterocycles. The van der Waals surface area contributed by atoms with Crippen LogP contribution in [0.25, 0.3) is 0 Å². The number of aromatic nitrogens is 2. The number of nitrogens with one attached hydrogen (secondary N) is 2. The summed E-state index contributed by atoms with van der Waals surface area (Å²) in [5, 5.41) is 3.51. The monoisotopic (exact) mass is 193 g/mol. The van der Waals surface area contributed by atoms with Crippen molar-refractivity contribution in [2.45, 2.75) is 45.6 Å². The second kappa shape index (κ2) is 4.13. The summed E-state index contributed by atoms with van der Waals surface area (Å²) >= 11 is 0. The van der Waals surface area contributed by atoms with E-state index in [1.54, 1.807) is 0 Å². The van der Waals surface area contributed by atoms with Gasteiger partial charge in [0.1, 0.15) is 5.82 Å². The van der Waals surface area contributed by atoms with Crippen molar-refractivity contribution >= 4 is 0 Å². The molecule has 0 spiro atoms. The quantitative estimate of drug-likeness (QED) is 0.765. The largest absolute Gasteiger partial charge is 0.346 e. The molecule has 78 valence electrons. The number of nitrogens with zero attached hydrogens (tertiary/aromatic N) is 1. The van der Waals surface area contributed by atoms with Gasteiger partial charge in [0.05, 0.1) is 5.69 Å². The molecule has 14 heavy (non-hydrogen) atoms. The third kappa shape index (κ3) is 1.98. The number of H-pyrrole nitrogens is 1. The van der Waals surface area contributed by atoms with Crippen LogP contribution in [0, 0.1) is 6.92 Å². The van der Waals surface area contributed by atoms with E-state index in [4.69, 9.17) is 0 Å². The lowest BCUT2D eigenvalue weighted by Gasteiger charge is -2.07. The van der Waals surface area contributed by atoms with Crippen LogP contribution in [0.5, 0.6) is 0 Å². The highest BCUT2D eigenvalue weighted by Gasteiger charge is 2.17. The van der Waals surface area contributed by atoms with Crippen molar-refractivity contribution in [1.82, 2.24) is 15.3 Å². The van der Waals surface area contributed by atoms with E-state index < -0.39 is 0 Å². The number of rotatable bonds is 3. The minimum atomic E-state index is 0.654. The van der Waals surface area contributed by atoms with Crippen LogP contribution in [-0.4, -0.2) is 22.6 Å². The van der Waals surface area contributed by atoms with Crippen LogP contribution >= 0.6 is 0 Å². The number of aromatic amines is 1. The molecule has 0 saturated carbocycles. The van der Waals surface area contributed by atoms with Gasteiger partial charge < -0.3 is 10.3 Å². The highest BCUT2D eigenvalue weighted by atomic mass is 15.0. The van der Waals surface area contributed by atoms with E-state index >= 15 is 0 Å². The van der Waals surface area contributed by atoms with Crippen LogP contribution in [0.3, 0.4) is 0 Å². The summed E-state index contributed by atoms with van der Waals surface area (Å²) in [4.78, 5) is 7.93. The lowest BCUT2D eigenvalue weighted by Crippen LogP contribution is -2.24. The Balaban J connectivity index is 2.03. The minimum absolute atomic E-state index is 0.654. The molecular formula is C11H19N3. The topological polar surface area (TPSA) is 40.7 Å². The highest BCUT2D eigenvalue weighted by Crippen LogP contribution is 2.13. The zero-order chi connectivity index (χ0) is 9.97. The molecule has 1 aromatic heterocycles. The first-order chi connectivity index (χ1) is 6.79. The Labute approximate surface area is 85.3 Å². The fourth-order valence-corrected chi connectivity index (χ4v) is 2.09. The van der Waals surface area contributed by atoms with Crippen LogP contribution in [-0.2, 0) is 12.8 Å². The molecule has 1 saturated heterocycles. The maximum Gasteiger partial charge on any atom is 0.106 e. The summed E-state index contributed by atoms with van der Waals surface area (Å²) in [6.45, 7) is 5.43. The molecule has 3 nitrogen and oxygen atoms in total. The van der Waals surface area contributed by atoms with Gasteiger partial charge in [0.15, 0.2) is 0 Å². The summed E-state index contributed by atoms with van der Waals surface area (Å²) in [6.07, 6.45) is 4.70. The third-order valence-corrected chi connectivity index (χ3v) is 2.97. The molecule has 2 rings (SSSR count). The van der Waals surface area contributed by atoms with Crippen molar-refractivity contribution in [3.8, 4) is 0 Å². The molecule has 0 aromatic carbocycles. The normalized spacial score (nSPS) is 21.7. The lowest BCUT2D eigenvalue weighted by atomic mass is 10.1. The first-order valence-electron chi connectivity index (χ1n) is 5.57. The van der Waals surface area contributed by atoms with E-state index in [0.717, 1.165) is 18.7 Å². The number of hydrogen-bond donors (Lipinski definition) is 2. The van der Waals surface area contributed by atoms with Crippen LogP contribution in [0.2, 0.25) is 0 Å². The van der Waals surface area contributed by atoms with Gasteiger partial charge in [0.2, 0.25) is 0 Å². The smallest absolute Gasteiger partial charge is 0.106 e. The van der Waals surface area contributed by atoms with Gasteiger partial charge in [-0.25, -0.2) is 4.98 Å². The van der Waals surface area contributed by atoms with Crippen LogP contribution in [0.4, 0.5) is 0 Å². The van der Waals surface area contributed by atoms with Gasteiger partial charge >= 0.3 is 0 Å². The zero-order valence-corrected chi connectivity index (χ0v) is 9.06. The average molecular weight is 193 g/mol. The van der Waals surface area contributed by atoms with Crippen molar-refractivity contribution in [3.05, 3.63) is 17.2 Å². The van der Waals surface area contributed by atoms with Crippen LogP contribution < -0.4 is 5.32 Å². The maximum atomic E-state index is 4.60. The predicted molar refractivity (Wildman–Crippen MR) is 57.4 cm³/mol. The molecule has 0 amide bonds. The molecule has 1 atom stereocenters. The Morgan fingerprint density at radius 3 is 2.93 bits per heavy atom. The fraction of sp³-hybridized carbons (Fsp3) is 0.727. The standard InChI is InChI=1S/C11H19N3/c1-3-11-13-8(2)10(14-11)7-9-5-4-6-12-9/h9,12H,3-7H2,1-2H3,(H,13,14). The highest BCUT2D eigenvalue weighted by molar-refractivity contribution is 5.14. The van der Waals surface area contributed by atoms with E-state index in [2.05, 4.69) is 29.1 Å². The fourth-order valence-electron chi connectivity index (χ4n) is 2.09. The summed E-state index contributed by atoms with van der Waals surface area (Å²) < 4.78 is 0. The van der Waals surface area contributed by atoms with Gasteiger partial charge in [0.25, 0.3) is 0 Å². The van der Waals surface area contributed by atoms with Gasteiger partial charge in [-0.15, -0.1) is 0 Å². The molecule has 0 radical (unpaired) electrons. The van der Waals surface area contributed by atoms with Gasteiger partial charge in [-0.05, 0) is 26.3 Å². The molecule has 0 aliphatic carbocycles. The summed E-state index contributed by atoms with van der Waals surface area (Å²) in [5.41, 5.74) is 2.50. The molecule has 1 unspecified atom stereocenters. The first kappa shape index (κ1) is 9.71. The van der Waals surface area contributed by atoms with E-state index in [1.165, 1.54) is 30.8 Å². The second-order valence-corrected chi connectivity index (χ2v) is 4.11. The SMILES string of the molecule is CCc1nc(CC2CCCN2)c(C)[nH]1. The third-order valence-electron chi connectivity index (χ3n) is 2.97. The Morgan fingerprint density at radius 2 is 2.36 bits per heavy atom. The van der Waals surface area contributed by atoms with E-state index in [-0.39, 0.29) is 0 Å². The van der Waals surface area contributed by atoms with Crippen molar-refractivity contribution in [2.24, 2.45) is 0 Å². The molecule has 1 aromatic rings. The van der Waals surface area contributed by atoms with Crippen LogP contribution in [0.1, 0.15) is 37.0 Å². The number of imidazole rings is 1. The summed E-state index contributed by atoms with van der Waals surface area (Å²) in [7, 11) is 0. The molecular weight excluding hydrogens is 174 g/mol. The van der Waals surface area contributed by atoms with Crippen molar-refractivity contribution < 1.29 is 0 Å². The molecule has 0 bridgehead atoms. The molecule has 2 N–H and O–H groups in total. The van der Waals surface area contributed by atoms with Gasteiger partial charge in [0, 0.05) is 24.6 Å². The maximum absolute atomic E-state index is 4.60. The average Bonchev–Trinajstić information content (AvgIpc) is 2.78. The Hall–Kier alpha value is -0.830. The lowest BCUT2D eigenvalue weighted by molar-refractivity contribution is 0.594. The van der Waals surface area contributed by atoms with Gasteiger partial charge in [-0.1, -0.05) is 6.92 Å². The number of aryl methyl sites for hydroxylation is 2. The molecule has 1 fully saturated rings. The van der Waals surface area contributed by atoms with Crippen molar-refractivity contribution in [1.29, 1.82) is 0 Å². The van der Waals surface area contributed by atoms with Gasteiger partial charge in [-0.3, -0.25) is 0 Å². The van der Waals surface area contributed by atoms with E-state index in [1.807, 2.05) is 0 Å². The van der Waals surface area contributed by atoms with Gasteiger partial charge in [-0.2, -0.15) is 0 Å². The van der Waals surface area contributed by atoms with Crippen molar-refractivity contribution in [2.75, 3.05) is 6.54 Å².